The van der Waals surface area contributed by atoms with E-state index in [2.05, 4.69) is 29.6 Å². The Morgan fingerprint density at radius 3 is 2.62 bits per heavy atom. The van der Waals surface area contributed by atoms with Crippen LogP contribution in [0, 0.1) is 5.41 Å². The van der Waals surface area contributed by atoms with E-state index in [0.29, 0.717) is 12.0 Å². The van der Waals surface area contributed by atoms with Crippen molar-refractivity contribution in [1.29, 1.82) is 0 Å². The maximum atomic E-state index is 5.39. The number of aliphatic imine (C=N–C) groups is 1. The lowest BCUT2D eigenvalue weighted by atomic mass is 9.86. The van der Waals surface area contributed by atoms with Gasteiger partial charge in [-0.05, 0) is 39.1 Å². The molecule has 6 nitrogen and oxygen atoms in total. The molecule has 1 saturated carbocycles. The number of nitrogens with zero attached hydrogens (tertiary/aromatic N) is 2. The predicted molar refractivity (Wildman–Crippen MR) is 117 cm³/mol. The molecule has 0 atom stereocenters. The highest BCUT2D eigenvalue weighted by Crippen LogP contribution is 2.38. The molecule has 0 amide bonds. The molecule has 0 bridgehead atoms. The summed E-state index contributed by atoms with van der Waals surface area (Å²) in [5.41, 5.74) is 0.320. The van der Waals surface area contributed by atoms with E-state index in [4.69, 9.17) is 14.1 Å². The van der Waals surface area contributed by atoms with Crippen LogP contribution >= 0.6 is 24.0 Å². The summed E-state index contributed by atoms with van der Waals surface area (Å²) in [6.45, 7) is 4.20. The molecule has 0 radical (unpaired) electrons. The highest BCUT2D eigenvalue weighted by Gasteiger charge is 2.34. The first kappa shape index (κ1) is 23.2. The van der Waals surface area contributed by atoms with E-state index in [9.17, 15) is 0 Å². The third kappa shape index (κ3) is 8.26. The van der Waals surface area contributed by atoms with Gasteiger partial charge >= 0.3 is 0 Å². The number of hydrogen-bond donors (Lipinski definition) is 2. The molecule has 0 aliphatic heterocycles. The second kappa shape index (κ2) is 12.6. The molecular weight excluding hydrogens is 443 g/mol. The van der Waals surface area contributed by atoms with Crippen LogP contribution in [0.3, 0.4) is 0 Å². The second-order valence-electron chi connectivity index (χ2n) is 7.29. The summed E-state index contributed by atoms with van der Waals surface area (Å²) in [4.78, 5) is 7.20. The molecule has 2 rings (SSSR count). The average Bonchev–Trinajstić information content (AvgIpc) is 3.24. The van der Waals surface area contributed by atoms with Gasteiger partial charge in [0.05, 0.1) is 12.9 Å². The molecule has 1 aromatic rings. The van der Waals surface area contributed by atoms with Gasteiger partial charge in [0.1, 0.15) is 5.76 Å². The third-order valence-corrected chi connectivity index (χ3v) is 4.73. The molecule has 1 heterocycles. The summed E-state index contributed by atoms with van der Waals surface area (Å²) in [6.07, 6.45) is 7.75. The first-order chi connectivity index (χ1) is 12.1. The first-order valence-corrected chi connectivity index (χ1v) is 9.32. The third-order valence-electron chi connectivity index (χ3n) is 4.73. The van der Waals surface area contributed by atoms with Crippen molar-refractivity contribution in [3.8, 4) is 0 Å². The van der Waals surface area contributed by atoms with Crippen LogP contribution in [-0.4, -0.2) is 64.9 Å². The van der Waals surface area contributed by atoms with Crippen molar-refractivity contribution in [2.24, 2.45) is 10.4 Å². The molecule has 0 unspecified atom stereocenters. The summed E-state index contributed by atoms with van der Waals surface area (Å²) in [6, 6.07) is 3.92. The number of halogens is 1. The van der Waals surface area contributed by atoms with Crippen LogP contribution in [0.2, 0.25) is 0 Å². The number of methoxy groups -OCH3 is 1. The molecule has 7 heteroatoms. The van der Waals surface area contributed by atoms with Crippen molar-refractivity contribution < 1.29 is 9.15 Å². The molecular formula is C19H35IN4O2. The zero-order chi connectivity index (χ0) is 18.0. The van der Waals surface area contributed by atoms with Crippen molar-refractivity contribution >= 4 is 29.9 Å². The fourth-order valence-electron chi connectivity index (χ4n) is 3.61. The van der Waals surface area contributed by atoms with Crippen molar-refractivity contribution in [1.82, 2.24) is 15.5 Å². The Kier molecular flexibility index (Phi) is 11.2. The largest absolute Gasteiger partial charge is 0.469 e. The van der Waals surface area contributed by atoms with Gasteiger partial charge in [-0.25, -0.2) is 0 Å². The van der Waals surface area contributed by atoms with Crippen LogP contribution in [0.5, 0.6) is 0 Å². The average molecular weight is 478 g/mol. The molecule has 1 aliphatic carbocycles. The van der Waals surface area contributed by atoms with Gasteiger partial charge in [-0.2, -0.15) is 0 Å². The molecule has 0 spiro atoms. The summed E-state index contributed by atoms with van der Waals surface area (Å²) >= 11 is 0. The second-order valence-corrected chi connectivity index (χ2v) is 7.29. The summed E-state index contributed by atoms with van der Waals surface area (Å²) in [5.74, 6) is 1.86. The summed E-state index contributed by atoms with van der Waals surface area (Å²) < 4.78 is 10.5. The fraction of sp³-hybridized carbons (Fsp3) is 0.737. The smallest absolute Gasteiger partial charge is 0.191 e. The van der Waals surface area contributed by atoms with Crippen LogP contribution in [-0.2, 0) is 11.2 Å². The normalized spacial score (nSPS) is 16.5. The van der Waals surface area contributed by atoms with Gasteiger partial charge < -0.3 is 24.7 Å². The minimum atomic E-state index is 0. The maximum Gasteiger partial charge on any atom is 0.191 e. The molecule has 1 fully saturated rings. The highest BCUT2D eigenvalue weighted by atomic mass is 127. The zero-order valence-electron chi connectivity index (χ0n) is 16.4. The molecule has 1 aliphatic rings. The lowest BCUT2D eigenvalue weighted by Gasteiger charge is -2.30. The standard InChI is InChI=1S/C19H34N4O2.HI/c1-23(2)16-19(9-4-5-10-19)15-22-18(21-12-14-24-3)20-11-8-17-7-6-13-25-17;/h6-7,13H,4-5,8-12,14-16H2,1-3H3,(H2,20,21,22);1H. The Morgan fingerprint density at radius 2 is 2.00 bits per heavy atom. The van der Waals surface area contributed by atoms with Crippen LogP contribution in [0.1, 0.15) is 31.4 Å². The minimum absolute atomic E-state index is 0. The van der Waals surface area contributed by atoms with Gasteiger partial charge in [-0.1, -0.05) is 12.8 Å². The highest BCUT2D eigenvalue weighted by molar-refractivity contribution is 14.0. The first-order valence-electron chi connectivity index (χ1n) is 9.32. The Morgan fingerprint density at radius 1 is 1.27 bits per heavy atom. The van der Waals surface area contributed by atoms with Gasteiger partial charge in [-0.15, -0.1) is 24.0 Å². The lowest BCUT2D eigenvalue weighted by Crippen LogP contribution is -2.41. The Labute approximate surface area is 175 Å². The predicted octanol–water partition coefficient (Wildman–Crippen LogP) is 2.74. The van der Waals surface area contributed by atoms with E-state index in [1.165, 1.54) is 25.7 Å². The van der Waals surface area contributed by atoms with E-state index in [1.807, 2.05) is 12.1 Å². The Balaban J connectivity index is 0.00000338. The molecule has 150 valence electrons. The minimum Gasteiger partial charge on any atom is -0.469 e. The van der Waals surface area contributed by atoms with E-state index < -0.39 is 0 Å². The van der Waals surface area contributed by atoms with Gasteiger partial charge in [0.2, 0.25) is 0 Å². The quantitative estimate of drug-likeness (QED) is 0.235. The van der Waals surface area contributed by atoms with Crippen molar-refractivity contribution in [2.75, 3.05) is 54.0 Å². The molecule has 1 aromatic heterocycles. The van der Waals surface area contributed by atoms with Crippen molar-refractivity contribution in [3.63, 3.8) is 0 Å². The van der Waals surface area contributed by atoms with Crippen LogP contribution in [0.4, 0.5) is 0 Å². The van der Waals surface area contributed by atoms with Gasteiger partial charge in [0.25, 0.3) is 0 Å². The number of hydrogen-bond acceptors (Lipinski definition) is 4. The Bertz CT molecular complexity index is 500. The van der Waals surface area contributed by atoms with Crippen molar-refractivity contribution in [2.45, 2.75) is 32.1 Å². The number of guanidine groups is 1. The molecule has 2 N–H and O–H groups in total. The summed E-state index contributed by atoms with van der Waals surface area (Å²) in [7, 11) is 6.03. The van der Waals surface area contributed by atoms with E-state index in [-0.39, 0.29) is 24.0 Å². The fourth-order valence-corrected chi connectivity index (χ4v) is 3.61. The zero-order valence-corrected chi connectivity index (χ0v) is 18.8. The SMILES string of the molecule is COCCNC(=NCC1(CN(C)C)CCCC1)NCCc1ccco1.I. The van der Waals surface area contributed by atoms with Crippen molar-refractivity contribution in [3.05, 3.63) is 24.2 Å². The van der Waals surface area contributed by atoms with Gasteiger partial charge in [0, 0.05) is 45.1 Å². The topological polar surface area (TPSA) is 62.0 Å². The van der Waals surface area contributed by atoms with Crippen LogP contribution < -0.4 is 10.6 Å². The lowest BCUT2D eigenvalue weighted by molar-refractivity contribution is 0.203. The number of rotatable bonds is 10. The van der Waals surface area contributed by atoms with E-state index in [0.717, 1.165) is 44.3 Å². The van der Waals surface area contributed by atoms with E-state index in [1.54, 1.807) is 13.4 Å². The number of ether oxygens (including phenoxy) is 1. The summed E-state index contributed by atoms with van der Waals surface area (Å²) in [5, 5.41) is 6.79. The molecule has 0 aromatic carbocycles. The number of furan rings is 1. The number of nitrogens with one attached hydrogen (secondary N) is 2. The van der Waals surface area contributed by atoms with Gasteiger partial charge in [-0.3, -0.25) is 4.99 Å². The molecule has 0 saturated heterocycles. The maximum absolute atomic E-state index is 5.39. The van der Waals surface area contributed by atoms with Gasteiger partial charge in [0.15, 0.2) is 5.96 Å². The monoisotopic (exact) mass is 478 g/mol. The Hall–Kier alpha value is -0.800. The van der Waals surface area contributed by atoms with Crippen LogP contribution in [0.15, 0.2) is 27.8 Å². The van der Waals surface area contributed by atoms with E-state index >= 15 is 0 Å². The van der Waals surface area contributed by atoms with Crippen LogP contribution in [0.25, 0.3) is 0 Å². The molecule has 26 heavy (non-hydrogen) atoms.